The Morgan fingerprint density at radius 2 is 1.94 bits per heavy atom. The molecule has 1 rings (SSSR count). The lowest BCUT2D eigenvalue weighted by atomic mass is 9.94. The maximum absolute atomic E-state index is 11.9. The van der Waals surface area contributed by atoms with E-state index in [1.807, 2.05) is 10.2 Å². The molecular weight excluding hydrogens is 247 g/mol. The molecule has 0 bridgehead atoms. The number of rotatable bonds is 5. The molecule has 106 valence electrons. The molecule has 3 N–H and O–H groups in total. The fraction of sp³-hybridized carbons (Fsp3) is 0.909. The minimum atomic E-state index is -4.34. The van der Waals surface area contributed by atoms with Crippen molar-refractivity contribution in [2.75, 3.05) is 32.7 Å². The van der Waals surface area contributed by atoms with Gasteiger partial charge in [-0.25, -0.2) is 0 Å². The van der Waals surface area contributed by atoms with Crippen LogP contribution >= 0.6 is 0 Å². The Kier molecular flexibility index (Phi) is 5.87. The van der Waals surface area contributed by atoms with Gasteiger partial charge in [0.2, 0.25) is 5.91 Å². The summed E-state index contributed by atoms with van der Waals surface area (Å²) in [5.41, 5.74) is 5.47. The van der Waals surface area contributed by atoms with Gasteiger partial charge in [-0.05, 0) is 44.8 Å². The van der Waals surface area contributed by atoms with Gasteiger partial charge in [0, 0.05) is 0 Å². The van der Waals surface area contributed by atoms with Crippen LogP contribution in [0.1, 0.15) is 19.3 Å². The van der Waals surface area contributed by atoms with E-state index in [1.165, 1.54) is 0 Å². The zero-order chi connectivity index (χ0) is 13.6. The Balaban J connectivity index is 2.18. The number of carbonyl (C=O) groups excluding carboxylic acids is 1. The van der Waals surface area contributed by atoms with Crippen LogP contribution in [0.3, 0.4) is 0 Å². The Morgan fingerprint density at radius 3 is 2.44 bits per heavy atom. The number of carbonyl (C=O) groups is 1. The first-order valence-electron chi connectivity index (χ1n) is 6.16. The number of alkyl halides is 3. The van der Waals surface area contributed by atoms with Crippen molar-refractivity contribution in [1.29, 1.82) is 0 Å². The normalized spacial score (nSPS) is 18.9. The van der Waals surface area contributed by atoms with Crippen LogP contribution in [0.15, 0.2) is 0 Å². The smallest absolute Gasteiger partial charge is 0.346 e. The summed E-state index contributed by atoms with van der Waals surface area (Å²) in [4.78, 5) is 13.2. The average molecular weight is 267 g/mol. The molecule has 0 radical (unpaired) electrons. The van der Waals surface area contributed by atoms with Crippen molar-refractivity contribution in [1.82, 2.24) is 10.2 Å². The van der Waals surface area contributed by atoms with Gasteiger partial charge in [0.1, 0.15) is 6.54 Å². The molecule has 0 aromatic heterocycles. The molecular formula is C11H20F3N3O. The number of hydrogen-bond donors (Lipinski definition) is 2. The van der Waals surface area contributed by atoms with Crippen molar-refractivity contribution < 1.29 is 18.0 Å². The molecule has 0 aromatic rings. The Hall–Kier alpha value is -0.820. The van der Waals surface area contributed by atoms with Gasteiger partial charge in [-0.3, -0.25) is 9.69 Å². The maximum atomic E-state index is 11.9. The maximum Gasteiger partial charge on any atom is 0.405 e. The van der Waals surface area contributed by atoms with Gasteiger partial charge in [-0.2, -0.15) is 13.2 Å². The van der Waals surface area contributed by atoms with Gasteiger partial charge >= 0.3 is 6.18 Å². The van der Waals surface area contributed by atoms with Crippen LogP contribution < -0.4 is 11.1 Å². The van der Waals surface area contributed by atoms with Gasteiger partial charge in [-0.1, -0.05) is 0 Å². The van der Waals surface area contributed by atoms with E-state index in [0.717, 1.165) is 32.4 Å². The lowest BCUT2D eigenvalue weighted by Crippen LogP contribution is -2.43. The summed E-state index contributed by atoms with van der Waals surface area (Å²) in [6.45, 7) is 0.964. The summed E-state index contributed by atoms with van der Waals surface area (Å²) in [6, 6.07) is 0. The topological polar surface area (TPSA) is 58.4 Å². The molecule has 0 unspecified atom stereocenters. The van der Waals surface area contributed by atoms with Crippen molar-refractivity contribution in [2.45, 2.75) is 25.4 Å². The number of nitrogens with zero attached hydrogens (tertiary/aromatic N) is 1. The van der Waals surface area contributed by atoms with Crippen molar-refractivity contribution >= 4 is 5.91 Å². The Morgan fingerprint density at radius 1 is 1.33 bits per heavy atom. The highest BCUT2D eigenvalue weighted by Gasteiger charge is 2.28. The molecule has 1 amide bonds. The Bertz CT molecular complexity index is 263. The van der Waals surface area contributed by atoms with Crippen molar-refractivity contribution in [3.8, 4) is 0 Å². The van der Waals surface area contributed by atoms with Crippen LogP contribution in [0, 0.1) is 5.92 Å². The van der Waals surface area contributed by atoms with E-state index >= 15 is 0 Å². The van der Waals surface area contributed by atoms with Gasteiger partial charge in [0.05, 0.1) is 6.54 Å². The number of piperidine rings is 1. The highest BCUT2D eigenvalue weighted by molar-refractivity contribution is 5.78. The fourth-order valence-corrected chi connectivity index (χ4v) is 2.13. The second kappa shape index (κ2) is 6.94. The highest BCUT2D eigenvalue weighted by Crippen LogP contribution is 2.19. The molecule has 18 heavy (non-hydrogen) atoms. The number of nitrogens with two attached hydrogens (primary N) is 1. The average Bonchev–Trinajstić information content (AvgIpc) is 2.29. The molecule has 7 heteroatoms. The molecule has 0 atom stereocenters. The number of hydrogen-bond acceptors (Lipinski definition) is 3. The molecule has 1 saturated heterocycles. The molecule has 1 aliphatic rings. The minimum Gasteiger partial charge on any atom is -0.346 e. The van der Waals surface area contributed by atoms with Crippen LogP contribution in [0.4, 0.5) is 13.2 Å². The second-order valence-corrected chi connectivity index (χ2v) is 4.69. The molecule has 1 fully saturated rings. The fourth-order valence-electron chi connectivity index (χ4n) is 2.13. The summed E-state index contributed by atoms with van der Waals surface area (Å²) in [5.74, 6) is 0.0223. The predicted molar refractivity (Wildman–Crippen MR) is 61.9 cm³/mol. The predicted octanol–water partition coefficient (Wildman–Crippen LogP) is 0.726. The van der Waals surface area contributed by atoms with Crippen LogP contribution in [0.2, 0.25) is 0 Å². The zero-order valence-electron chi connectivity index (χ0n) is 10.3. The van der Waals surface area contributed by atoms with E-state index in [9.17, 15) is 18.0 Å². The lowest BCUT2D eigenvalue weighted by Gasteiger charge is -2.31. The lowest BCUT2D eigenvalue weighted by molar-refractivity contribution is -0.139. The minimum absolute atomic E-state index is 0.0470. The van der Waals surface area contributed by atoms with E-state index in [2.05, 4.69) is 0 Å². The summed E-state index contributed by atoms with van der Waals surface area (Å²) in [7, 11) is 0. The first kappa shape index (κ1) is 15.2. The summed E-state index contributed by atoms with van der Waals surface area (Å²) in [5, 5.41) is 1.88. The van der Waals surface area contributed by atoms with Gasteiger partial charge in [0.25, 0.3) is 0 Å². The van der Waals surface area contributed by atoms with Gasteiger partial charge < -0.3 is 11.1 Å². The van der Waals surface area contributed by atoms with E-state index in [1.54, 1.807) is 0 Å². The van der Waals surface area contributed by atoms with Crippen LogP contribution in [0.5, 0.6) is 0 Å². The second-order valence-electron chi connectivity index (χ2n) is 4.69. The summed E-state index contributed by atoms with van der Waals surface area (Å²) < 4.78 is 35.7. The van der Waals surface area contributed by atoms with E-state index < -0.39 is 18.6 Å². The first-order chi connectivity index (χ1) is 8.40. The van der Waals surface area contributed by atoms with Crippen LogP contribution in [0.25, 0.3) is 0 Å². The van der Waals surface area contributed by atoms with Crippen molar-refractivity contribution in [3.63, 3.8) is 0 Å². The number of nitrogens with one attached hydrogen (secondary N) is 1. The molecule has 4 nitrogen and oxygen atoms in total. The molecule has 0 aromatic carbocycles. The molecule has 0 spiro atoms. The number of likely N-dealkylation sites (tertiary alicyclic amines) is 1. The van der Waals surface area contributed by atoms with Crippen molar-refractivity contribution in [2.24, 2.45) is 11.7 Å². The zero-order valence-corrected chi connectivity index (χ0v) is 10.3. The first-order valence-corrected chi connectivity index (χ1v) is 6.16. The van der Waals surface area contributed by atoms with Crippen LogP contribution in [-0.4, -0.2) is 49.7 Å². The molecule has 0 aliphatic carbocycles. The monoisotopic (exact) mass is 267 g/mol. The highest BCUT2D eigenvalue weighted by atomic mass is 19.4. The number of amides is 1. The third-order valence-corrected chi connectivity index (χ3v) is 3.14. The third kappa shape index (κ3) is 6.20. The molecule has 1 heterocycles. The summed E-state index contributed by atoms with van der Waals surface area (Å²) >= 11 is 0. The standard InChI is InChI=1S/C11H20F3N3O/c12-11(13,14)8-16-10(18)7-17-5-2-9(1-4-15)3-6-17/h9H,1-8,15H2,(H,16,18). The SMILES string of the molecule is NCCC1CCN(CC(=O)NCC(F)(F)F)CC1. The van der Waals surface area contributed by atoms with Gasteiger partial charge in [-0.15, -0.1) is 0 Å². The number of halogens is 3. The molecule has 0 saturated carbocycles. The van der Waals surface area contributed by atoms with Gasteiger partial charge in [0.15, 0.2) is 0 Å². The van der Waals surface area contributed by atoms with Crippen LogP contribution in [-0.2, 0) is 4.79 Å². The summed E-state index contributed by atoms with van der Waals surface area (Å²) in [6.07, 6.45) is -1.44. The Labute approximate surface area is 105 Å². The van der Waals surface area contributed by atoms with E-state index in [-0.39, 0.29) is 6.54 Å². The quantitative estimate of drug-likeness (QED) is 0.772. The van der Waals surface area contributed by atoms with E-state index in [4.69, 9.17) is 5.73 Å². The largest absolute Gasteiger partial charge is 0.405 e. The van der Waals surface area contributed by atoms with Crippen molar-refractivity contribution in [3.05, 3.63) is 0 Å². The van der Waals surface area contributed by atoms with E-state index in [0.29, 0.717) is 12.5 Å². The third-order valence-electron chi connectivity index (χ3n) is 3.14. The molecule has 1 aliphatic heterocycles.